The molecule has 0 aromatic carbocycles. The summed E-state index contributed by atoms with van der Waals surface area (Å²) in [4.78, 5) is 0. The molecule has 0 amide bonds. The van der Waals surface area contributed by atoms with E-state index in [4.69, 9.17) is 4.55 Å². The van der Waals surface area contributed by atoms with Crippen molar-refractivity contribution >= 4 is 18.1 Å². The summed E-state index contributed by atoms with van der Waals surface area (Å²) < 4.78 is 16.0. The van der Waals surface area contributed by atoms with Crippen LogP contribution in [0.25, 0.3) is 0 Å². The predicted molar refractivity (Wildman–Crippen MR) is 30.3 cm³/mol. The number of rotatable bonds is 1. The first-order valence-electron chi connectivity index (χ1n) is 1.70. The average Bonchev–Trinajstić information content (AvgIpc) is 1.68. The first kappa shape index (κ1) is 6.78. The van der Waals surface area contributed by atoms with Crippen molar-refractivity contribution < 1.29 is 9.29 Å². The van der Waals surface area contributed by atoms with E-state index in [0.29, 0.717) is 18.1 Å². The zero-order valence-corrected chi connectivity index (χ0v) is 5.03. The first-order chi connectivity index (χ1) is 3.31. The van der Waals surface area contributed by atoms with Crippen LogP contribution in [0.5, 0.6) is 0 Å². The van der Waals surface area contributed by atoms with Gasteiger partial charge in [0.25, 0.3) is 0 Å². The lowest BCUT2D eigenvalue weighted by Crippen LogP contribution is -1.90. The molecule has 0 aliphatic rings. The normalized spacial score (nSPS) is 11.6. The summed E-state index contributed by atoms with van der Waals surface area (Å²) in [7, 11) is 1.50. The molecule has 0 spiro atoms. The van der Waals surface area contributed by atoms with Gasteiger partial charge in [0.05, 0.1) is 7.11 Å². The van der Waals surface area contributed by atoms with Gasteiger partial charge in [-0.25, -0.2) is 0 Å². The molecule has 0 aromatic heterocycles. The van der Waals surface area contributed by atoms with Crippen molar-refractivity contribution in [3.63, 3.8) is 0 Å². The largest absolute Gasteiger partial charge is 0.484 e. The smallest absolute Gasteiger partial charge is 0.193 e. The van der Waals surface area contributed by atoms with E-state index in [1.165, 1.54) is 7.11 Å². The molecule has 0 fully saturated rings. The van der Waals surface area contributed by atoms with Crippen molar-refractivity contribution in [2.75, 3.05) is 7.11 Å². The molecule has 0 heterocycles. The van der Waals surface area contributed by atoms with Gasteiger partial charge in [-0.05, 0) is 0 Å². The van der Waals surface area contributed by atoms with E-state index in [2.05, 4.69) is 9.13 Å². The van der Waals surface area contributed by atoms with Gasteiger partial charge in [0.2, 0.25) is 0 Å². The van der Waals surface area contributed by atoms with Crippen molar-refractivity contribution in [1.82, 2.24) is 0 Å². The maximum Gasteiger partial charge on any atom is 0.193 e. The van der Waals surface area contributed by atoms with Crippen LogP contribution in [0.4, 0.5) is 0 Å². The Morgan fingerprint density at radius 2 is 2.43 bits per heavy atom. The highest BCUT2D eigenvalue weighted by molar-refractivity contribution is 7.92. The zero-order valence-electron chi connectivity index (χ0n) is 4.21. The molecular weight excluding hydrogens is 114 g/mol. The third kappa shape index (κ3) is 3.61. The molecule has 1 N–H and O–H groups in total. The zero-order chi connectivity index (χ0) is 5.70. The maximum atomic E-state index is 8.02. The molecule has 42 valence electrons. The SMILES string of the molecule is COC(C)=NSO. The van der Waals surface area contributed by atoms with Crippen LogP contribution in [0, 0.1) is 0 Å². The highest BCUT2D eigenvalue weighted by Crippen LogP contribution is 1.92. The number of methoxy groups -OCH3 is 1. The number of nitrogens with zero attached hydrogens (tertiary/aromatic N) is 1. The minimum atomic E-state index is 0.397. The van der Waals surface area contributed by atoms with Crippen LogP contribution >= 0.6 is 12.2 Å². The molecule has 3 nitrogen and oxygen atoms in total. The molecule has 0 unspecified atom stereocenters. The fourth-order valence-corrected chi connectivity index (χ4v) is 0.284. The van der Waals surface area contributed by atoms with Gasteiger partial charge in [0, 0.05) is 6.92 Å². The minimum absolute atomic E-state index is 0.397. The third-order valence-electron chi connectivity index (χ3n) is 0.465. The van der Waals surface area contributed by atoms with Crippen LogP contribution in [0.3, 0.4) is 0 Å². The second-order valence-electron chi connectivity index (χ2n) is 0.896. The van der Waals surface area contributed by atoms with E-state index >= 15 is 0 Å². The van der Waals surface area contributed by atoms with Crippen LogP contribution in [-0.4, -0.2) is 17.6 Å². The van der Waals surface area contributed by atoms with E-state index in [-0.39, 0.29) is 0 Å². The quantitative estimate of drug-likeness (QED) is 0.245. The Kier molecular flexibility index (Phi) is 3.83. The molecule has 0 aliphatic carbocycles. The predicted octanol–water partition coefficient (Wildman–Crippen LogP) is 1.17. The van der Waals surface area contributed by atoms with Crippen LogP contribution in [0.1, 0.15) is 6.92 Å². The molecule has 0 rings (SSSR count). The van der Waals surface area contributed by atoms with E-state index in [1.54, 1.807) is 6.92 Å². The van der Waals surface area contributed by atoms with E-state index in [9.17, 15) is 0 Å². The Labute approximate surface area is 46.7 Å². The molecule has 7 heavy (non-hydrogen) atoms. The Morgan fingerprint density at radius 3 is 2.57 bits per heavy atom. The van der Waals surface area contributed by atoms with Gasteiger partial charge in [-0.2, -0.15) is 4.40 Å². The van der Waals surface area contributed by atoms with Gasteiger partial charge in [-0.1, -0.05) is 0 Å². The first-order valence-corrected chi connectivity index (χ1v) is 2.43. The van der Waals surface area contributed by atoms with Gasteiger partial charge < -0.3 is 9.29 Å². The molecule has 0 aliphatic heterocycles. The van der Waals surface area contributed by atoms with Crippen molar-refractivity contribution in [1.29, 1.82) is 0 Å². The lowest BCUT2D eigenvalue weighted by atomic mass is 10.8. The van der Waals surface area contributed by atoms with Gasteiger partial charge in [0.1, 0.15) is 12.2 Å². The molecule has 0 atom stereocenters. The van der Waals surface area contributed by atoms with Gasteiger partial charge in [-0.15, -0.1) is 0 Å². The average molecular weight is 121 g/mol. The molecule has 0 aromatic rings. The number of hydrogen-bond donors (Lipinski definition) is 1. The van der Waals surface area contributed by atoms with Crippen LogP contribution < -0.4 is 0 Å². The van der Waals surface area contributed by atoms with Crippen LogP contribution in [0.2, 0.25) is 0 Å². The minimum Gasteiger partial charge on any atom is -0.484 e. The fraction of sp³-hybridized carbons (Fsp3) is 0.667. The fourth-order valence-electron chi connectivity index (χ4n) is 0.0948. The summed E-state index contributed by atoms with van der Waals surface area (Å²) in [6, 6.07) is 0. The van der Waals surface area contributed by atoms with Crippen LogP contribution in [-0.2, 0) is 4.74 Å². The topological polar surface area (TPSA) is 41.8 Å². The lowest BCUT2D eigenvalue weighted by Gasteiger charge is -1.90. The monoisotopic (exact) mass is 121 g/mol. The molecule has 0 saturated carbocycles. The molecular formula is C3H7NO2S. The number of hydrogen-bond acceptors (Lipinski definition) is 4. The molecule has 4 heteroatoms. The van der Waals surface area contributed by atoms with E-state index in [0.717, 1.165) is 0 Å². The Balaban J connectivity index is 3.29. The number of ether oxygens (including phenoxy) is 1. The summed E-state index contributed by atoms with van der Waals surface area (Å²) in [5.41, 5.74) is 0. The Morgan fingerprint density at radius 1 is 1.86 bits per heavy atom. The summed E-state index contributed by atoms with van der Waals surface area (Å²) in [6.07, 6.45) is 0. The molecule has 0 bridgehead atoms. The standard InChI is InChI=1S/C3H7NO2S/c1-3(6-2)4-7-5/h5H,1-2H3. The summed E-state index contributed by atoms with van der Waals surface area (Å²) >= 11 is 0.397. The van der Waals surface area contributed by atoms with Crippen molar-refractivity contribution in [2.24, 2.45) is 4.40 Å². The highest BCUT2D eigenvalue weighted by Gasteiger charge is 1.80. The van der Waals surface area contributed by atoms with Gasteiger partial charge in [0.15, 0.2) is 5.90 Å². The van der Waals surface area contributed by atoms with Gasteiger partial charge in [-0.3, -0.25) is 0 Å². The lowest BCUT2D eigenvalue weighted by molar-refractivity contribution is 0.401. The third-order valence-corrected chi connectivity index (χ3v) is 0.804. The molecule has 0 radical (unpaired) electrons. The maximum absolute atomic E-state index is 8.02. The van der Waals surface area contributed by atoms with E-state index < -0.39 is 0 Å². The van der Waals surface area contributed by atoms with Gasteiger partial charge >= 0.3 is 0 Å². The Bertz CT molecular complexity index is 73.3. The highest BCUT2D eigenvalue weighted by atomic mass is 32.2. The molecule has 0 saturated heterocycles. The van der Waals surface area contributed by atoms with Crippen molar-refractivity contribution in [3.05, 3.63) is 0 Å². The van der Waals surface area contributed by atoms with E-state index in [1.807, 2.05) is 0 Å². The van der Waals surface area contributed by atoms with Crippen LogP contribution in [0.15, 0.2) is 4.40 Å². The van der Waals surface area contributed by atoms with Crippen molar-refractivity contribution in [2.45, 2.75) is 6.92 Å². The summed E-state index contributed by atoms with van der Waals surface area (Å²) in [5.74, 6) is 0.465. The Hall–Kier alpha value is -0.220. The summed E-state index contributed by atoms with van der Waals surface area (Å²) in [6.45, 7) is 1.66. The summed E-state index contributed by atoms with van der Waals surface area (Å²) in [5, 5.41) is 0. The second-order valence-corrected chi connectivity index (χ2v) is 1.24. The second kappa shape index (κ2) is 3.95. The van der Waals surface area contributed by atoms with Crippen molar-refractivity contribution in [3.8, 4) is 0 Å².